The van der Waals surface area contributed by atoms with Crippen molar-refractivity contribution in [2.45, 2.75) is 45.1 Å². The molecule has 1 aromatic carbocycles. The van der Waals surface area contributed by atoms with Crippen LogP contribution in [0.2, 0.25) is 0 Å². The van der Waals surface area contributed by atoms with E-state index in [1.54, 1.807) is 12.1 Å². The molecule has 0 radical (unpaired) electrons. The van der Waals surface area contributed by atoms with E-state index in [0.29, 0.717) is 17.6 Å². The fourth-order valence-electron chi connectivity index (χ4n) is 2.95. The molecule has 3 rings (SSSR count). The van der Waals surface area contributed by atoms with Gasteiger partial charge in [0.15, 0.2) is 0 Å². The monoisotopic (exact) mass is 307 g/mol. The van der Waals surface area contributed by atoms with Crippen LogP contribution in [-0.2, 0) is 0 Å². The molecule has 118 valence electrons. The molecular formula is C18H21N5. The Morgan fingerprint density at radius 2 is 1.96 bits per heavy atom. The van der Waals surface area contributed by atoms with E-state index in [-0.39, 0.29) is 0 Å². The summed E-state index contributed by atoms with van der Waals surface area (Å²) in [5.41, 5.74) is 2.35. The molecule has 1 aromatic heterocycles. The first kappa shape index (κ1) is 15.3. The van der Waals surface area contributed by atoms with Crippen molar-refractivity contribution in [3.8, 4) is 6.07 Å². The van der Waals surface area contributed by atoms with Gasteiger partial charge < -0.3 is 10.6 Å². The topological polar surface area (TPSA) is 73.6 Å². The maximum absolute atomic E-state index is 8.98. The number of anilines is 3. The molecule has 1 aliphatic carbocycles. The number of hydrogen-bond acceptors (Lipinski definition) is 5. The van der Waals surface area contributed by atoms with Crippen molar-refractivity contribution in [1.29, 1.82) is 5.26 Å². The Kier molecular flexibility index (Phi) is 4.72. The lowest BCUT2D eigenvalue weighted by atomic mass is 9.95. The predicted molar refractivity (Wildman–Crippen MR) is 91.7 cm³/mol. The smallest absolute Gasteiger partial charge is 0.229 e. The van der Waals surface area contributed by atoms with Gasteiger partial charge in [-0.1, -0.05) is 25.3 Å². The van der Waals surface area contributed by atoms with Gasteiger partial charge in [0.2, 0.25) is 5.95 Å². The van der Waals surface area contributed by atoms with Crippen LogP contribution in [-0.4, -0.2) is 16.0 Å². The van der Waals surface area contributed by atoms with E-state index < -0.39 is 0 Å². The Morgan fingerprint density at radius 3 is 2.74 bits per heavy atom. The summed E-state index contributed by atoms with van der Waals surface area (Å²) in [6, 6.07) is 11.9. The number of aryl methyl sites for hydroxylation is 1. The molecule has 1 saturated carbocycles. The molecule has 23 heavy (non-hydrogen) atoms. The van der Waals surface area contributed by atoms with Crippen LogP contribution in [0.5, 0.6) is 0 Å². The zero-order chi connectivity index (χ0) is 16.1. The van der Waals surface area contributed by atoms with E-state index in [4.69, 9.17) is 5.26 Å². The van der Waals surface area contributed by atoms with Gasteiger partial charge >= 0.3 is 0 Å². The highest BCUT2D eigenvalue weighted by molar-refractivity contribution is 5.57. The minimum absolute atomic E-state index is 0.507. The molecule has 0 spiro atoms. The minimum Gasteiger partial charge on any atom is -0.367 e. The summed E-state index contributed by atoms with van der Waals surface area (Å²) in [6.07, 6.45) is 6.32. The molecule has 0 unspecified atom stereocenters. The maximum Gasteiger partial charge on any atom is 0.229 e. The number of benzene rings is 1. The number of nitriles is 1. The quantitative estimate of drug-likeness (QED) is 0.888. The summed E-state index contributed by atoms with van der Waals surface area (Å²) in [7, 11) is 0. The summed E-state index contributed by atoms with van der Waals surface area (Å²) >= 11 is 0. The summed E-state index contributed by atoms with van der Waals surface area (Å²) in [5.74, 6) is 1.42. The number of hydrogen-bond donors (Lipinski definition) is 2. The number of aromatic nitrogens is 2. The van der Waals surface area contributed by atoms with Crippen molar-refractivity contribution in [2.75, 3.05) is 10.6 Å². The Balaban J connectivity index is 1.75. The van der Waals surface area contributed by atoms with Gasteiger partial charge in [-0.25, -0.2) is 4.98 Å². The molecule has 0 bridgehead atoms. The molecule has 5 nitrogen and oxygen atoms in total. The van der Waals surface area contributed by atoms with E-state index in [2.05, 4.69) is 26.7 Å². The van der Waals surface area contributed by atoms with Crippen molar-refractivity contribution in [1.82, 2.24) is 9.97 Å². The van der Waals surface area contributed by atoms with Crippen LogP contribution in [0.3, 0.4) is 0 Å². The summed E-state index contributed by atoms with van der Waals surface area (Å²) < 4.78 is 0. The first-order valence-electron chi connectivity index (χ1n) is 8.12. The number of nitrogens with zero attached hydrogens (tertiary/aromatic N) is 3. The highest BCUT2D eigenvalue weighted by atomic mass is 15.1. The fourth-order valence-corrected chi connectivity index (χ4v) is 2.95. The average molecular weight is 307 g/mol. The van der Waals surface area contributed by atoms with Gasteiger partial charge in [-0.2, -0.15) is 10.2 Å². The third-order valence-electron chi connectivity index (χ3n) is 4.06. The van der Waals surface area contributed by atoms with E-state index in [0.717, 1.165) is 17.2 Å². The molecule has 5 heteroatoms. The Labute approximate surface area is 136 Å². The fraction of sp³-hybridized carbons (Fsp3) is 0.389. The van der Waals surface area contributed by atoms with Crippen molar-refractivity contribution >= 4 is 17.5 Å². The lowest BCUT2D eigenvalue weighted by Crippen LogP contribution is -2.23. The second-order valence-corrected chi connectivity index (χ2v) is 6.02. The number of nitrogens with one attached hydrogen (secondary N) is 2. The van der Waals surface area contributed by atoms with Crippen LogP contribution in [0, 0.1) is 18.3 Å². The van der Waals surface area contributed by atoms with E-state index in [1.165, 1.54) is 32.1 Å². The minimum atomic E-state index is 0.507. The molecule has 1 heterocycles. The lowest BCUT2D eigenvalue weighted by molar-refractivity contribution is 0.462. The van der Waals surface area contributed by atoms with Crippen molar-refractivity contribution in [3.63, 3.8) is 0 Å². The zero-order valence-electron chi connectivity index (χ0n) is 13.3. The second kappa shape index (κ2) is 7.10. The van der Waals surface area contributed by atoms with Gasteiger partial charge in [0, 0.05) is 23.5 Å². The maximum atomic E-state index is 8.98. The molecule has 1 aliphatic rings. The largest absolute Gasteiger partial charge is 0.367 e. The molecule has 0 aliphatic heterocycles. The normalized spacial score (nSPS) is 15.0. The lowest BCUT2D eigenvalue weighted by Gasteiger charge is -2.23. The van der Waals surface area contributed by atoms with Crippen molar-refractivity contribution < 1.29 is 0 Å². The van der Waals surface area contributed by atoms with Crippen molar-refractivity contribution in [2.24, 2.45) is 0 Å². The van der Waals surface area contributed by atoms with Crippen LogP contribution in [0.15, 0.2) is 30.3 Å². The molecule has 2 N–H and O–H groups in total. The van der Waals surface area contributed by atoms with Crippen LogP contribution in [0.1, 0.15) is 43.4 Å². The molecule has 1 fully saturated rings. The predicted octanol–water partition coefficient (Wildman–Crippen LogP) is 4.14. The summed E-state index contributed by atoms with van der Waals surface area (Å²) in [6.45, 7) is 1.96. The Morgan fingerprint density at radius 1 is 1.13 bits per heavy atom. The van der Waals surface area contributed by atoms with Gasteiger partial charge in [-0.05, 0) is 38.0 Å². The molecule has 0 atom stereocenters. The summed E-state index contributed by atoms with van der Waals surface area (Å²) in [4.78, 5) is 8.99. The first-order valence-corrected chi connectivity index (χ1v) is 8.12. The van der Waals surface area contributed by atoms with E-state index in [9.17, 15) is 0 Å². The Bertz CT molecular complexity index is 714. The Hall–Kier alpha value is -2.61. The second-order valence-electron chi connectivity index (χ2n) is 6.02. The molecule has 0 saturated heterocycles. The van der Waals surface area contributed by atoms with Gasteiger partial charge in [0.1, 0.15) is 5.82 Å². The van der Waals surface area contributed by atoms with Crippen LogP contribution < -0.4 is 10.6 Å². The van der Waals surface area contributed by atoms with Crippen LogP contribution in [0.25, 0.3) is 0 Å². The number of rotatable bonds is 4. The van der Waals surface area contributed by atoms with Gasteiger partial charge in [0.25, 0.3) is 0 Å². The molecule has 0 amide bonds. The van der Waals surface area contributed by atoms with Crippen LogP contribution >= 0.6 is 0 Å². The third kappa shape index (κ3) is 4.19. The summed E-state index contributed by atoms with van der Waals surface area (Å²) in [5, 5.41) is 15.7. The highest BCUT2D eigenvalue weighted by Crippen LogP contribution is 2.22. The van der Waals surface area contributed by atoms with Gasteiger partial charge in [-0.15, -0.1) is 0 Å². The van der Waals surface area contributed by atoms with Gasteiger partial charge in [0.05, 0.1) is 11.6 Å². The standard InChI is InChI=1S/C18H21N5/c1-13-10-17(21-15-7-3-2-4-8-15)23-18(20-13)22-16-9-5-6-14(11-16)12-19/h5-6,9-11,15H,2-4,7-8H2,1H3,(H2,20,21,22,23). The van der Waals surface area contributed by atoms with E-state index in [1.807, 2.05) is 25.1 Å². The molecular weight excluding hydrogens is 286 g/mol. The third-order valence-corrected chi connectivity index (χ3v) is 4.06. The SMILES string of the molecule is Cc1cc(NC2CCCCC2)nc(Nc2cccc(C#N)c2)n1. The zero-order valence-corrected chi connectivity index (χ0v) is 13.3. The van der Waals surface area contributed by atoms with Crippen LogP contribution in [0.4, 0.5) is 17.5 Å². The van der Waals surface area contributed by atoms with Gasteiger partial charge in [-0.3, -0.25) is 0 Å². The molecule has 2 aromatic rings. The first-order chi connectivity index (χ1) is 11.2. The van der Waals surface area contributed by atoms with E-state index >= 15 is 0 Å². The average Bonchev–Trinajstić information content (AvgIpc) is 2.55. The van der Waals surface area contributed by atoms with Crippen molar-refractivity contribution in [3.05, 3.63) is 41.6 Å². The highest BCUT2D eigenvalue weighted by Gasteiger charge is 2.14.